The number of rotatable bonds is 6. The van der Waals surface area contributed by atoms with Crippen molar-refractivity contribution in [2.24, 2.45) is 5.10 Å². The maximum absolute atomic E-state index is 13.1. The first-order valence-electron chi connectivity index (χ1n) is 9.03. The summed E-state index contributed by atoms with van der Waals surface area (Å²) in [5, 5.41) is 7.05. The van der Waals surface area contributed by atoms with Crippen molar-refractivity contribution in [3.05, 3.63) is 56.7 Å². The third kappa shape index (κ3) is 4.17. The molecule has 26 heavy (non-hydrogen) atoms. The van der Waals surface area contributed by atoms with Gasteiger partial charge in [0, 0.05) is 28.7 Å². The molecular weight excluding hydrogens is 366 g/mol. The lowest BCUT2D eigenvalue weighted by atomic mass is 10.0. The number of benzene rings is 1. The lowest BCUT2D eigenvalue weighted by molar-refractivity contribution is -0.127. The molecule has 1 aromatic carbocycles. The van der Waals surface area contributed by atoms with Crippen molar-refractivity contribution in [2.45, 2.75) is 45.7 Å². The van der Waals surface area contributed by atoms with E-state index in [1.807, 2.05) is 38.1 Å². The first-order chi connectivity index (χ1) is 12.6. The molecule has 138 valence electrons. The summed E-state index contributed by atoms with van der Waals surface area (Å²) < 4.78 is 0. The average Bonchev–Trinajstić information content (AvgIpc) is 3.12. The molecule has 0 aliphatic carbocycles. The Labute approximate surface area is 163 Å². The molecule has 1 aliphatic heterocycles. The third-order valence-electron chi connectivity index (χ3n) is 4.79. The molecule has 2 aromatic rings. The molecule has 6 heteroatoms. The highest BCUT2D eigenvalue weighted by molar-refractivity contribution is 7.10. The van der Waals surface area contributed by atoms with Gasteiger partial charge in [0.25, 0.3) is 5.91 Å². The SMILES string of the molecule is CCC(CC)=NNC(=O)C(c1ccccc1Cl)N1CCc2sccc2C1. The van der Waals surface area contributed by atoms with E-state index in [1.54, 1.807) is 11.3 Å². The molecule has 2 heterocycles. The predicted molar refractivity (Wildman–Crippen MR) is 109 cm³/mol. The molecule has 1 aliphatic rings. The number of hydrogen-bond donors (Lipinski definition) is 1. The number of carbonyl (C=O) groups is 1. The summed E-state index contributed by atoms with van der Waals surface area (Å²) in [5.74, 6) is -0.129. The van der Waals surface area contributed by atoms with Crippen molar-refractivity contribution >= 4 is 34.6 Å². The van der Waals surface area contributed by atoms with Crippen molar-refractivity contribution in [3.8, 4) is 0 Å². The number of halogens is 1. The Morgan fingerprint density at radius 1 is 1.31 bits per heavy atom. The molecular formula is C20H24ClN3OS. The maximum Gasteiger partial charge on any atom is 0.262 e. The smallest absolute Gasteiger partial charge is 0.262 e. The second-order valence-corrected chi connectivity index (χ2v) is 7.78. The van der Waals surface area contributed by atoms with Crippen LogP contribution in [0.1, 0.15) is 48.7 Å². The fraction of sp³-hybridized carbons (Fsp3) is 0.400. The zero-order valence-electron chi connectivity index (χ0n) is 15.2. The number of amides is 1. The van der Waals surface area contributed by atoms with Crippen molar-refractivity contribution in [3.63, 3.8) is 0 Å². The number of thiophene rings is 1. The van der Waals surface area contributed by atoms with Crippen molar-refractivity contribution in [1.29, 1.82) is 0 Å². The van der Waals surface area contributed by atoms with Crippen molar-refractivity contribution < 1.29 is 4.79 Å². The Bertz CT molecular complexity index is 796. The van der Waals surface area contributed by atoms with E-state index in [-0.39, 0.29) is 5.91 Å². The highest BCUT2D eigenvalue weighted by Crippen LogP contribution is 2.33. The Morgan fingerprint density at radius 2 is 2.08 bits per heavy atom. The average molecular weight is 390 g/mol. The van der Waals surface area contributed by atoms with Crippen LogP contribution in [-0.4, -0.2) is 23.1 Å². The summed E-state index contributed by atoms with van der Waals surface area (Å²) in [6, 6.07) is 9.28. The molecule has 1 aromatic heterocycles. The minimum atomic E-state index is -0.449. The van der Waals surface area contributed by atoms with Gasteiger partial charge in [0.05, 0.1) is 0 Å². The number of hydrogen-bond acceptors (Lipinski definition) is 4. The van der Waals surface area contributed by atoms with Crippen LogP contribution in [0.15, 0.2) is 40.8 Å². The van der Waals surface area contributed by atoms with E-state index in [0.29, 0.717) is 5.02 Å². The van der Waals surface area contributed by atoms with Gasteiger partial charge in [0.1, 0.15) is 6.04 Å². The number of fused-ring (bicyclic) bond motifs is 1. The van der Waals surface area contributed by atoms with Crippen LogP contribution in [-0.2, 0) is 17.8 Å². The van der Waals surface area contributed by atoms with Gasteiger partial charge in [0.2, 0.25) is 0 Å². The van der Waals surface area contributed by atoms with Crippen LogP contribution >= 0.6 is 22.9 Å². The van der Waals surface area contributed by atoms with E-state index < -0.39 is 6.04 Å². The third-order valence-corrected chi connectivity index (χ3v) is 6.16. The van der Waals surface area contributed by atoms with Crippen LogP contribution < -0.4 is 5.43 Å². The molecule has 0 radical (unpaired) electrons. The molecule has 0 saturated carbocycles. The second kappa shape index (κ2) is 8.80. The van der Waals surface area contributed by atoms with Crippen molar-refractivity contribution in [2.75, 3.05) is 6.54 Å². The van der Waals surface area contributed by atoms with E-state index in [9.17, 15) is 4.79 Å². The lowest BCUT2D eigenvalue weighted by Crippen LogP contribution is -2.41. The molecule has 1 amide bonds. The number of nitrogens with zero attached hydrogens (tertiary/aromatic N) is 2. The number of carbonyl (C=O) groups excluding carboxylic acids is 1. The van der Waals surface area contributed by atoms with Gasteiger partial charge in [-0.05, 0) is 47.9 Å². The van der Waals surface area contributed by atoms with E-state index in [0.717, 1.165) is 43.6 Å². The molecule has 0 bridgehead atoms. The van der Waals surface area contributed by atoms with Crippen LogP contribution in [0.2, 0.25) is 5.02 Å². The number of hydrazone groups is 1. The zero-order valence-corrected chi connectivity index (χ0v) is 16.7. The molecule has 1 atom stereocenters. The Kier molecular flexibility index (Phi) is 6.46. The van der Waals surface area contributed by atoms with Gasteiger partial charge in [0.15, 0.2) is 0 Å². The first-order valence-corrected chi connectivity index (χ1v) is 10.3. The molecule has 0 fully saturated rings. The monoisotopic (exact) mass is 389 g/mol. The number of nitrogens with one attached hydrogen (secondary N) is 1. The highest BCUT2D eigenvalue weighted by Gasteiger charge is 2.32. The van der Waals surface area contributed by atoms with Gasteiger partial charge < -0.3 is 0 Å². The summed E-state index contributed by atoms with van der Waals surface area (Å²) in [6.45, 7) is 5.67. The summed E-state index contributed by atoms with van der Waals surface area (Å²) in [7, 11) is 0. The Balaban J connectivity index is 1.89. The lowest BCUT2D eigenvalue weighted by Gasteiger charge is -2.34. The van der Waals surface area contributed by atoms with E-state index in [1.165, 1.54) is 10.4 Å². The summed E-state index contributed by atoms with van der Waals surface area (Å²) in [6.07, 6.45) is 2.62. The van der Waals surface area contributed by atoms with Crippen LogP contribution in [0.5, 0.6) is 0 Å². The molecule has 0 saturated heterocycles. The Hall–Kier alpha value is -1.69. The minimum absolute atomic E-state index is 0.129. The topological polar surface area (TPSA) is 44.7 Å². The Morgan fingerprint density at radius 3 is 2.81 bits per heavy atom. The quantitative estimate of drug-likeness (QED) is 0.570. The normalized spacial score (nSPS) is 15.2. The summed E-state index contributed by atoms with van der Waals surface area (Å²) in [4.78, 5) is 16.7. The van der Waals surface area contributed by atoms with Crippen LogP contribution in [0.4, 0.5) is 0 Å². The van der Waals surface area contributed by atoms with Crippen molar-refractivity contribution in [1.82, 2.24) is 10.3 Å². The zero-order chi connectivity index (χ0) is 18.5. The van der Waals surface area contributed by atoms with E-state index >= 15 is 0 Å². The molecule has 1 N–H and O–H groups in total. The summed E-state index contributed by atoms with van der Waals surface area (Å²) in [5.41, 5.74) is 5.89. The molecule has 1 unspecified atom stereocenters. The fourth-order valence-corrected chi connectivity index (χ4v) is 4.42. The van der Waals surface area contributed by atoms with Gasteiger partial charge in [-0.1, -0.05) is 43.6 Å². The maximum atomic E-state index is 13.1. The summed E-state index contributed by atoms with van der Waals surface area (Å²) >= 11 is 8.23. The van der Waals surface area contributed by atoms with E-state index in [4.69, 9.17) is 11.6 Å². The van der Waals surface area contributed by atoms with Crippen LogP contribution in [0.25, 0.3) is 0 Å². The molecule has 4 nitrogen and oxygen atoms in total. The van der Waals surface area contributed by atoms with Gasteiger partial charge in [-0.15, -0.1) is 11.3 Å². The minimum Gasteiger partial charge on any atom is -0.283 e. The van der Waals surface area contributed by atoms with Gasteiger partial charge in [-0.25, -0.2) is 5.43 Å². The standard InChI is InChI=1S/C20H24ClN3OS/c1-3-15(4-2)22-23-20(25)19(16-7-5-6-8-17(16)21)24-11-9-18-14(13-24)10-12-26-18/h5-8,10,12,19H,3-4,9,11,13H2,1-2H3,(H,23,25). The highest BCUT2D eigenvalue weighted by atomic mass is 35.5. The molecule has 0 spiro atoms. The first kappa shape index (κ1) is 19.1. The van der Waals surface area contributed by atoms with Gasteiger partial charge in [-0.3, -0.25) is 9.69 Å². The predicted octanol–water partition coefficient (Wildman–Crippen LogP) is 4.79. The van der Waals surface area contributed by atoms with Crippen LogP contribution in [0, 0.1) is 0 Å². The fourth-order valence-electron chi connectivity index (χ4n) is 3.29. The molecule has 3 rings (SSSR count). The largest absolute Gasteiger partial charge is 0.283 e. The van der Waals surface area contributed by atoms with Gasteiger partial charge in [-0.2, -0.15) is 5.10 Å². The van der Waals surface area contributed by atoms with Gasteiger partial charge >= 0.3 is 0 Å². The van der Waals surface area contributed by atoms with E-state index in [2.05, 4.69) is 26.9 Å². The van der Waals surface area contributed by atoms with Crippen LogP contribution in [0.3, 0.4) is 0 Å². The second-order valence-electron chi connectivity index (χ2n) is 6.37.